The van der Waals surface area contributed by atoms with E-state index < -0.39 is 0 Å². The first-order valence-corrected chi connectivity index (χ1v) is 5.28. The van der Waals surface area contributed by atoms with Gasteiger partial charge >= 0.3 is 0 Å². The summed E-state index contributed by atoms with van der Waals surface area (Å²) in [5.74, 6) is 0.663. The smallest absolute Gasteiger partial charge is 0.133 e. The van der Waals surface area contributed by atoms with E-state index >= 15 is 0 Å². The number of hydrogen-bond donors (Lipinski definition) is 1. The summed E-state index contributed by atoms with van der Waals surface area (Å²) >= 11 is 3.37. The molecule has 1 aromatic heterocycles. The van der Waals surface area contributed by atoms with Crippen molar-refractivity contribution in [1.82, 2.24) is 4.98 Å². The lowest BCUT2D eigenvalue weighted by Gasteiger charge is -2.07. The van der Waals surface area contributed by atoms with E-state index in [4.69, 9.17) is 15.7 Å². The normalized spacial score (nSPS) is 10.1. The van der Waals surface area contributed by atoms with Gasteiger partial charge in [0.2, 0.25) is 0 Å². The Bertz CT molecular complexity index is 604. The van der Waals surface area contributed by atoms with Crippen LogP contribution in [0.4, 0.5) is 5.69 Å². The first-order chi connectivity index (χ1) is 7.67. The first kappa shape index (κ1) is 10.7. The van der Waals surface area contributed by atoms with Gasteiger partial charge < -0.3 is 10.5 Å². The van der Waals surface area contributed by atoms with Gasteiger partial charge in [-0.05, 0) is 28.1 Å². The molecule has 0 spiro atoms. The van der Waals surface area contributed by atoms with Crippen LogP contribution in [0.25, 0.3) is 10.9 Å². The third-order valence-electron chi connectivity index (χ3n) is 2.30. The Hall–Kier alpha value is -1.80. The number of nitrogens with two attached hydrogens (primary N) is 1. The molecule has 0 fully saturated rings. The molecule has 1 heterocycles. The number of hydrogen-bond acceptors (Lipinski definition) is 4. The average Bonchev–Trinajstić information content (AvgIpc) is 2.29. The molecule has 0 bridgehead atoms. The SMILES string of the molecule is COc1cc2c(N)c(C#N)cnc2cc1Br. The summed E-state index contributed by atoms with van der Waals surface area (Å²) in [4.78, 5) is 4.16. The summed E-state index contributed by atoms with van der Waals surface area (Å²) in [6.45, 7) is 0. The number of benzene rings is 1. The molecule has 5 heteroatoms. The Morgan fingerprint density at radius 3 is 2.88 bits per heavy atom. The molecular formula is C11H8BrN3O. The Labute approximate surface area is 101 Å². The average molecular weight is 278 g/mol. The molecule has 2 N–H and O–H groups in total. The van der Waals surface area contributed by atoms with Crippen molar-refractivity contribution in [3.8, 4) is 11.8 Å². The maximum atomic E-state index is 8.85. The van der Waals surface area contributed by atoms with Crippen molar-refractivity contribution in [3.05, 3.63) is 28.4 Å². The fraction of sp³-hybridized carbons (Fsp3) is 0.0909. The summed E-state index contributed by atoms with van der Waals surface area (Å²) < 4.78 is 5.97. The zero-order valence-electron chi connectivity index (χ0n) is 8.49. The zero-order valence-corrected chi connectivity index (χ0v) is 10.1. The van der Waals surface area contributed by atoms with Crippen LogP contribution >= 0.6 is 15.9 Å². The van der Waals surface area contributed by atoms with Crippen LogP contribution in [0, 0.1) is 11.3 Å². The topological polar surface area (TPSA) is 71.9 Å². The van der Waals surface area contributed by atoms with Crippen molar-refractivity contribution in [1.29, 1.82) is 5.26 Å². The van der Waals surface area contributed by atoms with E-state index in [0.717, 1.165) is 15.4 Å². The standard InChI is InChI=1S/C11H8BrN3O/c1-16-10-2-7-9(3-8(10)12)15-5-6(4-13)11(7)14/h2-3,5H,1H3,(H2,14,15). The van der Waals surface area contributed by atoms with Gasteiger partial charge in [0.05, 0.1) is 28.4 Å². The number of nitrogen functional groups attached to an aromatic ring is 1. The van der Waals surface area contributed by atoms with Crippen LogP contribution < -0.4 is 10.5 Å². The summed E-state index contributed by atoms with van der Waals surface area (Å²) in [5, 5.41) is 9.57. The van der Waals surface area contributed by atoms with Crippen LogP contribution in [0.3, 0.4) is 0 Å². The molecule has 2 aromatic rings. The molecule has 2 rings (SSSR count). The van der Waals surface area contributed by atoms with Crippen molar-refractivity contribution < 1.29 is 4.74 Å². The number of ether oxygens (including phenoxy) is 1. The van der Waals surface area contributed by atoms with Crippen LogP contribution in [0.5, 0.6) is 5.75 Å². The number of pyridine rings is 1. The zero-order chi connectivity index (χ0) is 11.7. The van der Waals surface area contributed by atoms with Crippen LogP contribution in [0.1, 0.15) is 5.56 Å². The number of nitrogens with zero attached hydrogens (tertiary/aromatic N) is 2. The van der Waals surface area contributed by atoms with E-state index in [2.05, 4.69) is 20.9 Å². The summed E-state index contributed by atoms with van der Waals surface area (Å²) in [6.07, 6.45) is 1.47. The molecule has 0 saturated carbocycles. The minimum Gasteiger partial charge on any atom is -0.496 e. The highest BCUT2D eigenvalue weighted by atomic mass is 79.9. The van der Waals surface area contributed by atoms with Crippen molar-refractivity contribution in [2.75, 3.05) is 12.8 Å². The van der Waals surface area contributed by atoms with E-state index in [-0.39, 0.29) is 0 Å². The monoisotopic (exact) mass is 277 g/mol. The second kappa shape index (κ2) is 3.99. The van der Waals surface area contributed by atoms with Crippen molar-refractivity contribution in [2.24, 2.45) is 0 Å². The minimum atomic E-state index is 0.372. The Morgan fingerprint density at radius 1 is 1.50 bits per heavy atom. The lowest BCUT2D eigenvalue weighted by Crippen LogP contribution is -1.95. The predicted octanol–water partition coefficient (Wildman–Crippen LogP) is 2.46. The Morgan fingerprint density at radius 2 is 2.25 bits per heavy atom. The molecule has 80 valence electrons. The number of halogens is 1. The molecule has 0 atom stereocenters. The molecule has 0 amide bonds. The van der Waals surface area contributed by atoms with Crippen molar-refractivity contribution >= 4 is 32.5 Å². The van der Waals surface area contributed by atoms with Crippen LogP contribution in [-0.4, -0.2) is 12.1 Å². The maximum Gasteiger partial charge on any atom is 0.133 e. The molecule has 0 radical (unpaired) electrons. The van der Waals surface area contributed by atoms with Gasteiger partial charge in [0.25, 0.3) is 0 Å². The highest BCUT2D eigenvalue weighted by Gasteiger charge is 2.09. The predicted molar refractivity (Wildman–Crippen MR) is 65.1 cm³/mol. The maximum absolute atomic E-state index is 8.85. The molecule has 0 aliphatic carbocycles. The molecule has 0 aliphatic rings. The van der Waals surface area contributed by atoms with Gasteiger partial charge in [-0.25, -0.2) is 0 Å². The lowest BCUT2D eigenvalue weighted by molar-refractivity contribution is 0.413. The van der Waals surface area contributed by atoms with Crippen LogP contribution in [0.15, 0.2) is 22.8 Å². The highest BCUT2D eigenvalue weighted by Crippen LogP contribution is 2.32. The van der Waals surface area contributed by atoms with E-state index in [1.807, 2.05) is 12.1 Å². The number of rotatable bonds is 1. The van der Waals surface area contributed by atoms with Gasteiger partial charge in [0.15, 0.2) is 0 Å². The minimum absolute atomic E-state index is 0.372. The molecule has 0 unspecified atom stereocenters. The lowest BCUT2D eigenvalue weighted by atomic mass is 10.1. The molecule has 1 aromatic carbocycles. The Balaban J connectivity index is 2.83. The number of methoxy groups -OCH3 is 1. The number of aromatic nitrogens is 1. The number of fused-ring (bicyclic) bond motifs is 1. The van der Waals surface area contributed by atoms with E-state index in [9.17, 15) is 0 Å². The van der Waals surface area contributed by atoms with Crippen LogP contribution in [0.2, 0.25) is 0 Å². The largest absolute Gasteiger partial charge is 0.496 e. The molecule has 16 heavy (non-hydrogen) atoms. The van der Waals surface area contributed by atoms with Crippen molar-refractivity contribution in [3.63, 3.8) is 0 Å². The van der Waals surface area contributed by atoms with Crippen molar-refractivity contribution in [2.45, 2.75) is 0 Å². The molecule has 4 nitrogen and oxygen atoms in total. The number of anilines is 1. The fourth-order valence-electron chi connectivity index (χ4n) is 1.46. The van der Waals surface area contributed by atoms with Gasteiger partial charge in [-0.1, -0.05) is 0 Å². The van der Waals surface area contributed by atoms with Gasteiger partial charge in [0.1, 0.15) is 11.8 Å². The van der Waals surface area contributed by atoms with Crippen LogP contribution in [-0.2, 0) is 0 Å². The quantitative estimate of drug-likeness (QED) is 0.869. The second-order valence-corrected chi connectivity index (χ2v) is 4.06. The fourth-order valence-corrected chi connectivity index (χ4v) is 1.95. The molecule has 0 aliphatic heterocycles. The van der Waals surface area contributed by atoms with Gasteiger partial charge in [-0.3, -0.25) is 4.98 Å². The van der Waals surface area contributed by atoms with E-state index in [1.165, 1.54) is 6.20 Å². The summed E-state index contributed by atoms with van der Waals surface area (Å²) in [5.41, 5.74) is 7.40. The first-order valence-electron chi connectivity index (χ1n) is 4.49. The van der Waals surface area contributed by atoms with Gasteiger partial charge in [-0.2, -0.15) is 5.26 Å². The third kappa shape index (κ3) is 1.57. The molecular weight excluding hydrogens is 270 g/mol. The van der Waals surface area contributed by atoms with E-state index in [0.29, 0.717) is 17.0 Å². The highest BCUT2D eigenvalue weighted by molar-refractivity contribution is 9.10. The van der Waals surface area contributed by atoms with Gasteiger partial charge in [0, 0.05) is 11.6 Å². The Kier molecular flexibility index (Phi) is 2.67. The summed E-state index contributed by atoms with van der Waals surface area (Å²) in [7, 11) is 1.57. The van der Waals surface area contributed by atoms with Gasteiger partial charge in [-0.15, -0.1) is 0 Å². The molecule has 0 saturated heterocycles. The summed E-state index contributed by atoms with van der Waals surface area (Å²) in [6, 6.07) is 5.58. The third-order valence-corrected chi connectivity index (χ3v) is 2.92. The van der Waals surface area contributed by atoms with E-state index in [1.54, 1.807) is 13.2 Å². The number of nitriles is 1. The second-order valence-electron chi connectivity index (χ2n) is 3.20.